The van der Waals surface area contributed by atoms with Gasteiger partial charge in [-0.05, 0) is 18.6 Å². The highest BCUT2D eigenvalue weighted by Crippen LogP contribution is 2.26. The Kier molecular flexibility index (Phi) is 4.04. The fourth-order valence-electron chi connectivity index (χ4n) is 2.99. The minimum Gasteiger partial charge on any atom is -0.386 e. The Hall–Kier alpha value is -2.41. The van der Waals surface area contributed by atoms with Gasteiger partial charge < -0.3 is 14.9 Å². The van der Waals surface area contributed by atoms with Gasteiger partial charge >= 0.3 is 0 Å². The molecule has 0 bridgehead atoms. The summed E-state index contributed by atoms with van der Waals surface area (Å²) in [5.74, 6) is 0.715. The molecule has 7 nitrogen and oxygen atoms in total. The van der Waals surface area contributed by atoms with Gasteiger partial charge in [0.25, 0.3) is 5.91 Å². The van der Waals surface area contributed by atoms with E-state index >= 15 is 0 Å². The number of pyridine rings is 1. The number of likely N-dealkylation sites (N-methyl/N-ethyl adjacent to an activating group) is 1. The van der Waals surface area contributed by atoms with E-state index in [1.807, 2.05) is 23.1 Å². The first kappa shape index (κ1) is 15.5. The minimum atomic E-state index is -0.926. The number of rotatable bonds is 4. The lowest BCUT2D eigenvalue weighted by Crippen LogP contribution is -2.45. The molecule has 1 atom stereocenters. The van der Waals surface area contributed by atoms with Crippen molar-refractivity contribution in [1.82, 2.24) is 19.7 Å². The predicted octanol–water partition coefficient (Wildman–Crippen LogP) is 0.528. The van der Waals surface area contributed by atoms with Crippen molar-refractivity contribution in [2.24, 2.45) is 7.05 Å². The van der Waals surface area contributed by atoms with Crippen LogP contribution in [0.2, 0.25) is 0 Å². The van der Waals surface area contributed by atoms with Crippen molar-refractivity contribution in [2.75, 3.05) is 31.6 Å². The van der Waals surface area contributed by atoms with Crippen LogP contribution in [0.15, 0.2) is 36.8 Å². The van der Waals surface area contributed by atoms with Gasteiger partial charge in [-0.2, -0.15) is 5.10 Å². The van der Waals surface area contributed by atoms with Gasteiger partial charge in [0.2, 0.25) is 0 Å². The van der Waals surface area contributed by atoms with E-state index in [4.69, 9.17) is 0 Å². The predicted molar refractivity (Wildman–Crippen MR) is 86.2 cm³/mol. The number of carbonyl (C=O) groups excluding carboxylic acids is 1. The van der Waals surface area contributed by atoms with E-state index in [-0.39, 0.29) is 12.5 Å². The van der Waals surface area contributed by atoms with Gasteiger partial charge in [0.1, 0.15) is 11.4 Å². The first-order valence-electron chi connectivity index (χ1n) is 7.59. The fraction of sp³-hybridized carbons (Fsp3) is 0.438. The standard InChI is InChI=1S/C16H21N5O2/c1-19(15(22)13-9-18-20(2)10-13)11-16(23)6-8-21(12-16)14-5-3-4-7-17-14/h3-5,7,9-10,23H,6,8,11-12H2,1-2H3/t16-/m0/s1. The summed E-state index contributed by atoms with van der Waals surface area (Å²) in [7, 11) is 3.47. The molecule has 1 aliphatic rings. The number of anilines is 1. The summed E-state index contributed by atoms with van der Waals surface area (Å²) in [6.45, 7) is 1.47. The van der Waals surface area contributed by atoms with Gasteiger partial charge in [-0.3, -0.25) is 9.48 Å². The number of amides is 1. The van der Waals surface area contributed by atoms with Crippen LogP contribution in [-0.4, -0.2) is 63.0 Å². The number of carbonyl (C=O) groups is 1. The third-order valence-corrected chi connectivity index (χ3v) is 4.14. The molecule has 0 spiro atoms. The Morgan fingerprint density at radius 1 is 1.48 bits per heavy atom. The molecule has 1 fully saturated rings. The monoisotopic (exact) mass is 315 g/mol. The molecule has 0 aliphatic carbocycles. The Bertz CT molecular complexity index is 687. The maximum atomic E-state index is 12.4. The summed E-state index contributed by atoms with van der Waals surface area (Å²) >= 11 is 0. The Balaban J connectivity index is 1.64. The number of aryl methyl sites for hydroxylation is 1. The number of aliphatic hydroxyl groups is 1. The fourth-order valence-corrected chi connectivity index (χ4v) is 2.99. The SMILES string of the molecule is CN(C[C@@]1(O)CCN(c2ccccn2)C1)C(=O)c1cnn(C)c1. The number of hydrogen-bond acceptors (Lipinski definition) is 5. The number of nitrogens with zero attached hydrogens (tertiary/aromatic N) is 5. The van der Waals surface area contributed by atoms with Crippen molar-refractivity contribution >= 4 is 11.7 Å². The number of β-amino-alcohol motifs (C(OH)–C–C–N with tert-alkyl or cyclic N) is 1. The summed E-state index contributed by atoms with van der Waals surface area (Å²) in [5.41, 5.74) is -0.400. The Morgan fingerprint density at radius 2 is 2.30 bits per heavy atom. The van der Waals surface area contributed by atoms with Crippen molar-refractivity contribution < 1.29 is 9.90 Å². The van der Waals surface area contributed by atoms with Gasteiger partial charge in [-0.1, -0.05) is 6.07 Å². The molecular weight excluding hydrogens is 294 g/mol. The van der Waals surface area contributed by atoms with Crippen LogP contribution in [0.5, 0.6) is 0 Å². The highest BCUT2D eigenvalue weighted by atomic mass is 16.3. The summed E-state index contributed by atoms with van der Waals surface area (Å²) < 4.78 is 1.59. The van der Waals surface area contributed by atoms with E-state index in [0.717, 1.165) is 12.4 Å². The topological polar surface area (TPSA) is 74.5 Å². The highest BCUT2D eigenvalue weighted by molar-refractivity contribution is 5.93. The maximum absolute atomic E-state index is 12.4. The van der Waals surface area contributed by atoms with Crippen LogP contribution in [0, 0.1) is 0 Å². The molecule has 0 saturated carbocycles. The van der Waals surface area contributed by atoms with Crippen LogP contribution in [0.1, 0.15) is 16.8 Å². The summed E-state index contributed by atoms with van der Waals surface area (Å²) in [4.78, 5) is 20.3. The van der Waals surface area contributed by atoms with Crippen LogP contribution in [0.4, 0.5) is 5.82 Å². The van der Waals surface area contributed by atoms with E-state index in [9.17, 15) is 9.90 Å². The van der Waals surface area contributed by atoms with E-state index < -0.39 is 5.60 Å². The van der Waals surface area contributed by atoms with Crippen LogP contribution < -0.4 is 4.90 Å². The lowest BCUT2D eigenvalue weighted by molar-refractivity contribution is 0.0264. The van der Waals surface area contributed by atoms with Crippen LogP contribution >= 0.6 is 0 Å². The van der Waals surface area contributed by atoms with E-state index in [2.05, 4.69) is 10.1 Å². The van der Waals surface area contributed by atoms with Gasteiger partial charge in [0.05, 0.1) is 18.3 Å². The molecule has 3 rings (SSSR count). The minimum absolute atomic E-state index is 0.136. The average Bonchev–Trinajstić information content (AvgIpc) is 3.14. The summed E-state index contributed by atoms with van der Waals surface area (Å²) in [5, 5.41) is 14.8. The molecule has 122 valence electrons. The third-order valence-electron chi connectivity index (χ3n) is 4.14. The van der Waals surface area contributed by atoms with Crippen molar-refractivity contribution in [3.63, 3.8) is 0 Å². The Labute approximate surface area is 135 Å². The van der Waals surface area contributed by atoms with Crippen LogP contribution in [-0.2, 0) is 7.05 Å². The molecule has 2 aromatic rings. The largest absolute Gasteiger partial charge is 0.386 e. The molecule has 23 heavy (non-hydrogen) atoms. The second kappa shape index (κ2) is 6.00. The molecule has 1 aliphatic heterocycles. The van der Waals surface area contributed by atoms with Crippen LogP contribution in [0.25, 0.3) is 0 Å². The number of hydrogen-bond donors (Lipinski definition) is 1. The maximum Gasteiger partial charge on any atom is 0.256 e. The van der Waals surface area contributed by atoms with Gasteiger partial charge in [0, 0.05) is 39.6 Å². The third kappa shape index (κ3) is 3.34. The quantitative estimate of drug-likeness (QED) is 0.891. The van der Waals surface area contributed by atoms with Gasteiger partial charge in [-0.25, -0.2) is 4.98 Å². The van der Waals surface area contributed by atoms with Gasteiger partial charge in [0.15, 0.2) is 0 Å². The van der Waals surface area contributed by atoms with E-state index in [0.29, 0.717) is 18.5 Å². The first-order valence-corrected chi connectivity index (χ1v) is 7.59. The molecule has 7 heteroatoms. The smallest absolute Gasteiger partial charge is 0.256 e. The van der Waals surface area contributed by atoms with Crippen molar-refractivity contribution in [1.29, 1.82) is 0 Å². The molecule has 1 N–H and O–H groups in total. The Morgan fingerprint density at radius 3 is 2.96 bits per heavy atom. The molecule has 0 unspecified atom stereocenters. The van der Waals surface area contributed by atoms with Crippen molar-refractivity contribution in [3.05, 3.63) is 42.4 Å². The number of aromatic nitrogens is 3. The van der Waals surface area contributed by atoms with Gasteiger partial charge in [-0.15, -0.1) is 0 Å². The lowest BCUT2D eigenvalue weighted by Gasteiger charge is -2.29. The van der Waals surface area contributed by atoms with E-state index in [1.165, 1.54) is 6.20 Å². The zero-order valence-electron chi connectivity index (χ0n) is 13.4. The zero-order chi connectivity index (χ0) is 16.4. The summed E-state index contributed by atoms with van der Waals surface area (Å²) in [6.07, 6.45) is 5.56. The lowest BCUT2D eigenvalue weighted by atomic mass is 10.0. The second-order valence-electron chi connectivity index (χ2n) is 6.15. The molecule has 1 amide bonds. The highest BCUT2D eigenvalue weighted by Gasteiger charge is 2.38. The second-order valence-corrected chi connectivity index (χ2v) is 6.15. The molecule has 0 radical (unpaired) electrons. The summed E-state index contributed by atoms with van der Waals surface area (Å²) in [6, 6.07) is 5.72. The van der Waals surface area contributed by atoms with Crippen molar-refractivity contribution in [2.45, 2.75) is 12.0 Å². The molecule has 0 aromatic carbocycles. The normalized spacial score (nSPS) is 20.7. The average molecular weight is 315 g/mol. The first-order chi connectivity index (χ1) is 11.0. The van der Waals surface area contributed by atoms with Crippen molar-refractivity contribution in [3.8, 4) is 0 Å². The molecule has 1 saturated heterocycles. The molecular formula is C16H21N5O2. The van der Waals surface area contributed by atoms with E-state index in [1.54, 1.807) is 36.1 Å². The zero-order valence-corrected chi connectivity index (χ0v) is 13.4. The van der Waals surface area contributed by atoms with Crippen LogP contribution in [0.3, 0.4) is 0 Å². The molecule has 3 heterocycles. The molecule has 2 aromatic heterocycles.